The molecular formula is C20H25Cl2IN4O2. The van der Waals surface area contributed by atoms with Crippen molar-refractivity contribution in [3.63, 3.8) is 0 Å². The molecule has 0 spiro atoms. The van der Waals surface area contributed by atoms with Gasteiger partial charge in [-0.1, -0.05) is 41.4 Å². The number of nitrogens with one attached hydrogen (secondary N) is 2. The minimum atomic E-state index is -0.515. The van der Waals surface area contributed by atoms with Gasteiger partial charge in [0.15, 0.2) is 12.6 Å². The maximum absolute atomic E-state index is 10.8. The van der Waals surface area contributed by atoms with Gasteiger partial charge in [-0.3, -0.25) is 4.79 Å². The van der Waals surface area contributed by atoms with Crippen molar-refractivity contribution in [3.8, 4) is 5.75 Å². The number of guanidine groups is 1. The first kappa shape index (κ1) is 25.3. The van der Waals surface area contributed by atoms with Crippen LogP contribution in [0.3, 0.4) is 0 Å². The summed E-state index contributed by atoms with van der Waals surface area (Å²) < 4.78 is 5.33. The second kappa shape index (κ2) is 12.8. The van der Waals surface area contributed by atoms with Gasteiger partial charge in [0.1, 0.15) is 5.75 Å². The Balaban J connectivity index is 0.00000420. The molecule has 2 aromatic carbocycles. The predicted molar refractivity (Wildman–Crippen MR) is 129 cm³/mol. The number of amides is 1. The average molecular weight is 551 g/mol. The lowest BCUT2D eigenvalue weighted by Gasteiger charge is -2.18. The summed E-state index contributed by atoms with van der Waals surface area (Å²) in [7, 11) is 0. The Bertz CT molecular complexity index is 849. The summed E-state index contributed by atoms with van der Waals surface area (Å²) in [6.45, 7) is 5.03. The van der Waals surface area contributed by atoms with Crippen LogP contribution in [0.15, 0.2) is 47.5 Å². The molecule has 1 atom stereocenters. The summed E-state index contributed by atoms with van der Waals surface area (Å²) in [6, 6.07) is 12.9. The summed E-state index contributed by atoms with van der Waals surface area (Å²) >= 11 is 12.1. The van der Waals surface area contributed by atoms with Crippen molar-refractivity contribution in [1.29, 1.82) is 0 Å². The fourth-order valence-electron chi connectivity index (χ4n) is 2.45. The van der Waals surface area contributed by atoms with E-state index in [1.807, 2.05) is 44.2 Å². The highest BCUT2D eigenvalue weighted by atomic mass is 127. The van der Waals surface area contributed by atoms with Crippen molar-refractivity contribution >= 4 is 59.0 Å². The molecule has 0 saturated heterocycles. The van der Waals surface area contributed by atoms with Crippen LogP contribution >= 0.6 is 47.2 Å². The number of nitrogens with zero attached hydrogens (tertiary/aromatic N) is 1. The zero-order chi connectivity index (χ0) is 20.5. The first-order chi connectivity index (χ1) is 13.4. The lowest BCUT2D eigenvalue weighted by Crippen LogP contribution is -2.38. The van der Waals surface area contributed by atoms with Gasteiger partial charge >= 0.3 is 0 Å². The topological polar surface area (TPSA) is 88.7 Å². The predicted octanol–water partition coefficient (Wildman–Crippen LogP) is 4.29. The van der Waals surface area contributed by atoms with Crippen LogP contribution in [0.25, 0.3) is 0 Å². The Morgan fingerprint density at radius 1 is 1.21 bits per heavy atom. The van der Waals surface area contributed by atoms with Gasteiger partial charge in [-0.15, -0.1) is 24.0 Å². The van der Waals surface area contributed by atoms with Gasteiger partial charge in [-0.05, 0) is 49.2 Å². The minimum Gasteiger partial charge on any atom is -0.484 e. The van der Waals surface area contributed by atoms with Crippen molar-refractivity contribution in [1.82, 2.24) is 10.6 Å². The largest absolute Gasteiger partial charge is 0.484 e. The lowest BCUT2D eigenvalue weighted by molar-refractivity contribution is -0.119. The number of hydrogen-bond donors (Lipinski definition) is 3. The van der Waals surface area contributed by atoms with Crippen LogP contribution in [0.4, 0.5) is 0 Å². The number of carbonyl (C=O) groups is 1. The number of halogens is 3. The van der Waals surface area contributed by atoms with Crippen LogP contribution in [0.1, 0.15) is 31.0 Å². The van der Waals surface area contributed by atoms with E-state index in [9.17, 15) is 4.79 Å². The molecular weight excluding hydrogens is 526 g/mol. The Morgan fingerprint density at radius 3 is 2.62 bits per heavy atom. The van der Waals surface area contributed by atoms with Gasteiger partial charge in [-0.25, -0.2) is 4.99 Å². The zero-order valence-electron chi connectivity index (χ0n) is 16.2. The number of benzene rings is 2. The zero-order valence-corrected chi connectivity index (χ0v) is 20.1. The maximum Gasteiger partial charge on any atom is 0.255 e. The quantitative estimate of drug-likeness (QED) is 0.260. The molecule has 1 amide bonds. The molecule has 0 bridgehead atoms. The molecule has 1 unspecified atom stereocenters. The highest BCUT2D eigenvalue weighted by Crippen LogP contribution is 2.25. The van der Waals surface area contributed by atoms with Crippen LogP contribution in [0.2, 0.25) is 10.0 Å². The molecule has 0 radical (unpaired) electrons. The number of primary amides is 1. The van der Waals surface area contributed by atoms with Crippen LogP contribution in [0.5, 0.6) is 5.75 Å². The molecule has 9 heteroatoms. The standard InChI is InChI=1S/C20H24Cl2N4O2.HI/c1-3-24-20(26-13(2)15-7-8-17(21)18(22)10-15)25-11-14-5-4-6-16(9-14)28-12-19(23)27;/h4-10,13H,3,11-12H2,1-2H3,(H2,23,27)(H2,24,25,26);1H. The summed E-state index contributed by atoms with van der Waals surface area (Å²) in [4.78, 5) is 15.5. The van der Waals surface area contributed by atoms with Crippen LogP contribution < -0.4 is 21.1 Å². The van der Waals surface area contributed by atoms with Crippen molar-refractivity contribution in [2.45, 2.75) is 26.4 Å². The number of hydrogen-bond acceptors (Lipinski definition) is 3. The summed E-state index contributed by atoms with van der Waals surface area (Å²) in [5.74, 6) is 0.733. The summed E-state index contributed by atoms with van der Waals surface area (Å²) in [6.07, 6.45) is 0. The molecule has 0 heterocycles. The molecule has 4 N–H and O–H groups in total. The number of aliphatic imine (C=N–C) groups is 1. The molecule has 0 aliphatic rings. The van der Waals surface area contributed by atoms with E-state index in [0.29, 0.717) is 28.3 Å². The fourth-order valence-corrected chi connectivity index (χ4v) is 2.76. The summed E-state index contributed by atoms with van der Waals surface area (Å²) in [5.41, 5.74) is 7.05. The Hall–Kier alpha value is -1.71. The van der Waals surface area contributed by atoms with E-state index >= 15 is 0 Å². The average Bonchev–Trinajstić information content (AvgIpc) is 2.67. The van der Waals surface area contributed by atoms with Crippen molar-refractivity contribution in [2.24, 2.45) is 10.7 Å². The third kappa shape index (κ3) is 8.67. The molecule has 29 heavy (non-hydrogen) atoms. The highest BCUT2D eigenvalue weighted by molar-refractivity contribution is 14.0. The molecule has 0 saturated carbocycles. The van der Waals surface area contributed by atoms with E-state index in [1.54, 1.807) is 12.1 Å². The third-order valence-electron chi connectivity index (χ3n) is 3.84. The molecule has 0 aliphatic carbocycles. The van der Waals surface area contributed by atoms with Gasteiger partial charge in [0.25, 0.3) is 5.91 Å². The van der Waals surface area contributed by atoms with Crippen molar-refractivity contribution < 1.29 is 9.53 Å². The van der Waals surface area contributed by atoms with Crippen molar-refractivity contribution in [2.75, 3.05) is 13.2 Å². The molecule has 0 aromatic heterocycles. The van der Waals surface area contributed by atoms with Gasteiger partial charge in [0.05, 0.1) is 22.6 Å². The van der Waals surface area contributed by atoms with E-state index in [-0.39, 0.29) is 36.6 Å². The Morgan fingerprint density at radius 2 is 1.97 bits per heavy atom. The Labute approximate surface area is 198 Å². The van der Waals surface area contributed by atoms with Crippen molar-refractivity contribution in [3.05, 3.63) is 63.6 Å². The van der Waals surface area contributed by atoms with E-state index in [1.165, 1.54) is 0 Å². The number of ether oxygens (including phenoxy) is 1. The first-order valence-corrected chi connectivity index (χ1v) is 9.64. The second-order valence-corrected chi connectivity index (χ2v) is 6.95. The molecule has 2 aromatic rings. The monoisotopic (exact) mass is 550 g/mol. The van der Waals surface area contributed by atoms with E-state index in [4.69, 9.17) is 33.7 Å². The molecule has 6 nitrogen and oxygen atoms in total. The van der Waals surface area contributed by atoms with E-state index in [2.05, 4.69) is 15.6 Å². The first-order valence-electron chi connectivity index (χ1n) is 8.89. The summed E-state index contributed by atoms with van der Waals surface area (Å²) in [5, 5.41) is 7.61. The van der Waals surface area contributed by atoms with Crippen LogP contribution in [0, 0.1) is 0 Å². The van der Waals surface area contributed by atoms with Gasteiger partial charge in [0, 0.05) is 6.54 Å². The highest BCUT2D eigenvalue weighted by Gasteiger charge is 2.10. The minimum absolute atomic E-state index is 0. The van der Waals surface area contributed by atoms with Gasteiger partial charge < -0.3 is 21.1 Å². The van der Waals surface area contributed by atoms with E-state index in [0.717, 1.165) is 17.7 Å². The molecule has 158 valence electrons. The molecule has 0 fully saturated rings. The smallest absolute Gasteiger partial charge is 0.255 e. The molecule has 2 rings (SSSR count). The Kier molecular flexibility index (Phi) is 11.2. The number of carbonyl (C=O) groups excluding carboxylic acids is 1. The van der Waals surface area contributed by atoms with Crippen LogP contribution in [-0.4, -0.2) is 25.0 Å². The third-order valence-corrected chi connectivity index (χ3v) is 4.58. The fraction of sp³-hybridized carbons (Fsp3) is 0.300. The normalized spacial score (nSPS) is 11.9. The molecule has 0 aliphatic heterocycles. The number of rotatable bonds is 8. The SMILES string of the molecule is CCNC(=NCc1cccc(OCC(N)=O)c1)NC(C)c1ccc(Cl)c(Cl)c1.I. The van der Waals surface area contributed by atoms with Gasteiger partial charge in [0.2, 0.25) is 0 Å². The maximum atomic E-state index is 10.8. The lowest BCUT2D eigenvalue weighted by atomic mass is 10.1. The van der Waals surface area contributed by atoms with Gasteiger partial charge in [-0.2, -0.15) is 0 Å². The van der Waals surface area contributed by atoms with Crippen LogP contribution in [-0.2, 0) is 11.3 Å². The van der Waals surface area contributed by atoms with E-state index < -0.39 is 5.91 Å². The number of nitrogens with two attached hydrogens (primary N) is 1. The second-order valence-electron chi connectivity index (χ2n) is 6.14.